The maximum atomic E-state index is 13.0. The number of primary amides is 1. The summed E-state index contributed by atoms with van der Waals surface area (Å²) in [6.07, 6.45) is -3.60. The van der Waals surface area contributed by atoms with Gasteiger partial charge in [-0.05, 0) is 24.3 Å². The normalized spacial score (nSPS) is 12.5. The van der Waals surface area contributed by atoms with Crippen molar-refractivity contribution in [1.29, 1.82) is 0 Å². The first-order chi connectivity index (χ1) is 14.2. The molecular formula is C18H15F3N4O5. The van der Waals surface area contributed by atoms with Gasteiger partial charge in [0.25, 0.3) is 5.91 Å². The van der Waals surface area contributed by atoms with Crippen LogP contribution in [0.2, 0.25) is 0 Å². The number of hydrogen-bond donors (Lipinski definition) is 3. The summed E-state index contributed by atoms with van der Waals surface area (Å²) < 4.78 is 49.6. The van der Waals surface area contributed by atoms with Crippen molar-refractivity contribution in [3.63, 3.8) is 0 Å². The molecule has 0 unspecified atom stereocenters. The highest BCUT2D eigenvalue weighted by Gasteiger charge is 2.35. The molecule has 12 heteroatoms. The van der Waals surface area contributed by atoms with Gasteiger partial charge >= 0.3 is 6.18 Å². The first-order valence-corrected chi connectivity index (χ1v) is 8.45. The number of carbonyl (C=O) groups excluding carboxylic acids is 2. The van der Waals surface area contributed by atoms with E-state index in [0.29, 0.717) is 0 Å². The lowest BCUT2D eigenvalue weighted by molar-refractivity contribution is -0.142. The summed E-state index contributed by atoms with van der Waals surface area (Å²) in [5.41, 5.74) is 3.82. The van der Waals surface area contributed by atoms with E-state index < -0.39 is 42.9 Å². The summed E-state index contributed by atoms with van der Waals surface area (Å²) in [4.78, 5) is 26.8. The van der Waals surface area contributed by atoms with Gasteiger partial charge in [-0.2, -0.15) is 13.2 Å². The Bertz CT molecular complexity index is 1080. The van der Waals surface area contributed by atoms with E-state index in [1.165, 1.54) is 30.3 Å². The molecule has 0 aliphatic carbocycles. The van der Waals surface area contributed by atoms with Gasteiger partial charge in [-0.1, -0.05) is 11.2 Å². The zero-order valence-corrected chi connectivity index (χ0v) is 15.1. The molecule has 2 heterocycles. The second kappa shape index (κ2) is 8.37. The van der Waals surface area contributed by atoms with Gasteiger partial charge in [-0.3, -0.25) is 14.6 Å². The molecule has 1 atom stereocenters. The molecule has 158 valence electrons. The SMILES string of the molecule is NC(=O)[C@H](CO)NC(=O)c1noc2ccc(OCc3cccnc3C(F)(F)F)cc12. The van der Waals surface area contributed by atoms with Gasteiger partial charge in [0.1, 0.15) is 18.4 Å². The number of carbonyl (C=O) groups is 2. The fraction of sp³-hybridized carbons (Fsp3) is 0.222. The number of nitrogens with one attached hydrogen (secondary N) is 1. The maximum Gasteiger partial charge on any atom is 0.433 e. The lowest BCUT2D eigenvalue weighted by Gasteiger charge is -2.12. The van der Waals surface area contributed by atoms with Crippen molar-refractivity contribution in [2.45, 2.75) is 18.8 Å². The van der Waals surface area contributed by atoms with Crippen LogP contribution in [0, 0.1) is 0 Å². The lowest BCUT2D eigenvalue weighted by Crippen LogP contribution is -2.46. The number of ether oxygens (including phenoxy) is 1. The molecule has 2 aromatic heterocycles. The van der Waals surface area contributed by atoms with Crippen molar-refractivity contribution >= 4 is 22.8 Å². The van der Waals surface area contributed by atoms with Crippen molar-refractivity contribution < 1.29 is 37.1 Å². The van der Waals surface area contributed by atoms with E-state index in [1.54, 1.807) is 0 Å². The third-order valence-electron chi connectivity index (χ3n) is 4.04. The van der Waals surface area contributed by atoms with E-state index in [4.69, 9.17) is 20.1 Å². The summed E-state index contributed by atoms with van der Waals surface area (Å²) in [7, 11) is 0. The largest absolute Gasteiger partial charge is 0.489 e. The average Bonchev–Trinajstić information content (AvgIpc) is 3.13. The second-order valence-corrected chi connectivity index (χ2v) is 6.10. The van der Waals surface area contributed by atoms with Crippen LogP contribution in [0.4, 0.5) is 13.2 Å². The van der Waals surface area contributed by atoms with Crippen LogP contribution in [0.3, 0.4) is 0 Å². The maximum absolute atomic E-state index is 13.0. The molecule has 30 heavy (non-hydrogen) atoms. The number of rotatable bonds is 7. The number of aliphatic hydroxyl groups excluding tert-OH is 1. The van der Waals surface area contributed by atoms with Gasteiger partial charge in [-0.25, -0.2) is 0 Å². The molecule has 1 aromatic carbocycles. The van der Waals surface area contributed by atoms with E-state index in [0.717, 1.165) is 6.20 Å². The summed E-state index contributed by atoms with van der Waals surface area (Å²) in [5.74, 6) is -1.64. The molecular weight excluding hydrogens is 409 g/mol. The van der Waals surface area contributed by atoms with E-state index in [-0.39, 0.29) is 28.0 Å². The van der Waals surface area contributed by atoms with E-state index >= 15 is 0 Å². The first-order valence-electron chi connectivity index (χ1n) is 8.45. The van der Waals surface area contributed by atoms with Crippen molar-refractivity contribution in [1.82, 2.24) is 15.5 Å². The standard InChI is InChI=1S/C18H15F3N4O5/c19-18(20,21)15-9(2-1-5-23-15)8-29-10-3-4-13-11(6-10)14(25-30-13)17(28)24-12(7-26)16(22)27/h1-6,12,26H,7-8H2,(H2,22,27)(H,24,28)/t12-/m0/s1. The number of aromatic nitrogens is 2. The molecule has 3 rings (SSSR count). The Labute approximate surface area is 166 Å². The minimum atomic E-state index is -4.63. The number of nitrogens with zero attached hydrogens (tertiary/aromatic N) is 2. The predicted molar refractivity (Wildman–Crippen MR) is 95.1 cm³/mol. The zero-order valence-electron chi connectivity index (χ0n) is 15.1. The highest BCUT2D eigenvalue weighted by atomic mass is 19.4. The lowest BCUT2D eigenvalue weighted by atomic mass is 10.1. The number of amides is 2. The third kappa shape index (κ3) is 4.49. The van der Waals surface area contributed by atoms with Gasteiger partial charge in [0.05, 0.1) is 12.0 Å². The number of fused-ring (bicyclic) bond motifs is 1. The zero-order chi connectivity index (χ0) is 21.9. The van der Waals surface area contributed by atoms with Crippen LogP contribution in [-0.4, -0.2) is 39.7 Å². The molecule has 0 bridgehead atoms. The molecule has 0 aliphatic rings. The van der Waals surface area contributed by atoms with Gasteiger partial charge in [0.2, 0.25) is 5.91 Å². The molecule has 9 nitrogen and oxygen atoms in total. The number of benzene rings is 1. The molecule has 0 spiro atoms. The molecule has 0 saturated carbocycles. The number of alkyl halides is 3. The highest BCUT2D eigenvalue weighted by Crippen LogP contribution is 2.31. The quantitative estimate of drug-likeness (QED) is 0.521. The number of aliphatic hydroxyl groups is 1. The van der Waals surface area contributed by atoms with Crippen LogP contribution >= 0.6 is 0 Å². The fourth-order valence-corrected chi connectivity index (χ4v) is 2.58. The van der Waals surface area contributed by atoms with Gasteiger partial charge in [0, 0.05) is 11.8 Å². The second-order valence-electron chi connectivity index (χ2n) is 6.10. The Hall–Kier alpha value is -3.67. The number of nitrogens with two attached hydrogens (primary N) is 1. The smallest absolute Gasteiger partial charge is 0.433 e. The van der Waals surface area contributed by atoms with Crippen LogP contribution in [0.25, 0.3) is 11.0 Å². The molecule has 3 aromatic rings. The van der Waals surface area contributed by atoms with Crippen LogP contribution in [0.15, 0.2) is 41.1 Å². The van der Waals surface area contributed by atoms with Crippen molar-refractivity contribution in [2.75, 3.05) is 6.61 Å². The molecule has 4 N–H and O–H groups in total. The summed E-state index contributed by atoms with van der Waals surface area (Å²) >= 11 is 0. The van der Waals surface area contributed by atoms with E-state index in [9.17, 15) is 22.8 Å². The van der Waals surface area contributed by atoms with Crippen molar-refractivity contribution in [3.05, 3.63) is 53.5 Å². The Morgan fingerprint density at radius 2 is 2.07 bits per heavy atom. The third-order valence-corrected chi connectivity index (χ3v) is 4.04. The van der Waals surface area contributed by atoms with Gasteiger partial charge in [-0.15, -0.1) is 0 Å². The molecule has 0 fully saturated rings. The van der Waals surface area contributed by atoms with Crippen molar-refractivity contribution in [3.8, 4) is 5.75 Å². The molecule has 0 radical (unpaired) electrons. The Morgan fingerprint density at radius 3 is 2.73 bits per heavy atom. The van der Waals surface area contributed by atoms with Crippen LogP contribution in [0.1, 0.15) is 21.7 Å². The fourth-order valence-electron chi connectivity index (χ4n) is 2.58. The number of hydrogen-bond acceptors (Lipinski definition) is 7. The predicted octanol–water partition coefficient (Wildman–Crippen LogP) is 1.40. The van der Waals surface area contributed by atoms with Crippen LogP contribution in [0.5, 0.6) is 5.75 Å². The summed E-state index contributed by atoms with van der Waals surface area (Å²) in [6.45, 7) is -1.13. The van der Waals surface area contributed by atoms with Gasteiger partial charge < -0.3 is 25.4 Å². The van der Waals surface area contributed by atoms with Crippen LogP contribution in [-0.2, 0) is 17.6 Å². The Balaban J connectivity index is 1.82. The Kier molecular flexibility index (Phi) is 5.87. The summed E-state index contributed by atoms with van der Waals surface area (Å²) in [5, 5.41) is 15.1. The van der Waals surface area contributed by atoms with E-state index in [2.05, 4.69) is 15.5 Å². The monoisotopic (exact) mass is 424 g/mol. The summed E-state index contributed by atoms with van der Waals surface area (Å²) in [6, 6.07) is 5.47. The first kappa shape index (κ1) is 21.0. The minimum Gasteiger partial charge on any atom is -0.489 e. The minimum absolute atomic E-state index is 0.144. The molecule has 2 amide bonds. The molecule has 0 saturated heterocycles. The topological polar surface area (TPSA) is 141 Å². The number of pyridine rings is 1. The van der Waals surface area contributed by atoms with Crippen LogP contribution < -0.4 is 15.8 Å². The Morgan fingerprint density at radius 1 is 1.30 bits per heavy atom. The van der Waals surface area contributed by atoms with E-state index in [1.807, 2.05) is 0 Å². The molecule has 0 aliphatic heterocycles. The highest BCUT2D eigenvalue weighted by molar-refractivity contribution is 6.05. The van der Waals surface area contributed by atoms with Crippen molar-refractivity contribution in [2.24, 2.45) is 5.73 Å². The van der Waals surface area contributed by atoms with Gasteiger partial charge in [0.15, 0.2) is 17.0 Å². The average molecular weight is 424 g/mol. The number of halogens is 3.